The lowest BCUT2D eigenvalue weighted by molar-refractivity contribution is -0.117. The molecule has 31 heavy (non-hydrogen) atoms. The highest BCUT2D eigenvalue weighted by atomic mass is 79.9. The third kappa shape index (κ3) is 11.7. The lowest BCUT2D eigenvalue weighted by Gasteiger charge is -2.04. The molecule has 2 aromatic rings. The summed E-state index contributed by atoms with van der Waals surface area (Å²) in [5, 5.41) is 5.82. The second-order valence-electron chi connectivity index (χ2n) is 7.12. The molecule has 0 atom stereocenters. The summed E-state index contributed by atoms with van der Waals surface area (Å²) in [5.74, 6) is -0.136. The number of carbonyl (C=O) groups excluding carboxylic acids is 2. The smallest absolute Gasteiger partial charge is 0.243 e. The number of unbranched alkanes of at least 4 members (excludes halogenated alkanes) is 4. The molecule has 0 aliphatic heterocycles. The molecular formula is C25H28Br2N2O2. The van der Waals surface area contributed by atoms with Crippen LogP contribution in [0.3, 0.4) is 0 Å². The first-order valence-corrected chi connectivity index (χ1v) is 12.0. The fourth-order valence-corrected chi connectivity index (χ4v) is 3.34. The van der Waals surface area contributed by atoms with E-state index in [4.69, 9.17) is 0 Å². The van der Waals surface area contributed by atoms with Gasteiger partial charge >= 0.3 is 0 Å². The van der Waals surface area contributed by atoms with Crippen LogP contribution in [-0.4, -0.2) is 24.9 Å². The number of halogens is 2. The van der Waals surface area contributed by atoms with E-state index in [1.54, 1.807) is 12.2 Å². The summed E-state index contributed by atoms with van der Waals surface area (Å²) in [5.41, 5.74) is 1.99. The number of carbonyl (C=O) groups is 2. The maximum atomic E-state index is 11.8. The number of benzene rings is 2. The van der Waals surface area contributed by atoms with Crippen LogP contribution in [0.15, 0.2) is 69.6 Å². The van der Waals surface area contributed by atoms with Crippen molar-refractivity contribution in [3.8, 4) is 0 Å². The van der Waals surface area contributed by atoms with Gasteiger partial charge in [-0.2, -0.15) is 0 Å². The van der Waals surface area contributed by atoms with E-state index in [-0.39, 0.29) is 11.8 Å². The largest absolute Gasteiger partial charge is 0.353 e. The number of hydrogen-bond donors (Lipinski definition) is 2. The Hall–Kier alpha value is -2.18. The molecule has 0 spiro atoms. The predicted octanol–water partition coefficient (Wildman–Crippen LogP) is 6.12. The van der Waals surface area contributed by atoms with E-state index in [1.165, 1.54) is 0 Å². The van der Waals surface area contributed by atoms with Crippen LogP contribution in [-0.2, 0) is 9.59 Å². The third-order valence-electron chi connectivity index (χ3n) is 4.55. The van der Waals surface area contributed by atoms with E-state index in [1.807, 2.05) is 60.7 Å². The summed E-state index contributed by atoms with van der Waals surface area (Å²) in [6.45, 7) is 1.36. The van der Waals surface area contributed by atoms with E-state index in [0.29, 0.717) is 13.1 Å². The minimum absolute atomic E-state index is 0.0678. The molecule has 2 N–H and O–H groups in total. The molecule has 0 unspecified atom stereocenters. The highest BCUT2D eigenvalue weighted by molar-refractivity contribution is 9.10. The van der Waals surface area contributed by atoms with E-state index in [2.05, 4.69) is 42.5 Å². The van der Waals surface area contributed by atoms with Crippen molar-refractivity contribution in [2.45, 2.75) is 32.1 Å². The van der Waals surface area contributed by atoms with Gasteiger partial charge in [-0.15, -0.1) is 0 Å². The maximum absolute atomic E-state index is 11.8. The van der Waals surface area contributed by atoms with Gasteiger partial charge in [0, 0.05) is 34.2 Å². The average Bonchev–Trinajstić information content (AvgIpc) is 2.77. The minimum Gasteiger partial charge on any atom is -0.353 e. The highest BCUT2D eigenvalue weighted by Gasteiger charge is 1.98. The Morgan fingerprint density at radius 2 is 0.968 bits per heavy atom. The van der Waals surface area contributed by atoms with E-state index in [0.717, 1.165) is 52.2 Å². The molecule has 0 fully saturated rings. The Kier molecular flexibility index (Phi) is 11.9. The van der Waals surface area contributed by atoms with Crippen LogP contribution in [0.4, 0.5) is 0 Å². The minimum atomic E-state index is -0.0678. The summed E-state index contributed by atoms with van der Waals surface area (Å²) in [6.07, 6.45) is 11.9. The third-order valence-corrected chi connectivity index (χ3v) is 5.60. The molecule has 0 bridgehead atoms. The molecule has 2 rings (SSSR count). The monoisotopic (exact) mass is 546 g/mol. The van der Waals surface area contributed by atoms with Crippen molar-refractivity contribution in [2.75, 3.05) is 13.1 Å². The van der Waals surface area contributed by atoms with Crippen molar-refractivity contribution >= 4 is 55.8 Å². The molecule has 0 aromatic heterocycles. The van der Waals surface area contributed by atoms with Crippen molar-refractivity contribution in [3.63, 3.8) is 0 Å². The molecule has 4 nitrogen and oxygen atoms in total. The van der Waals surface area contributed by atoms with Crippen molar-refractivity contribution in [1.82, 2.24) is 10.6 Å². The zero-order chi connectivity index (χ0) is 22.3. The van der Waals surface area contributed by atoms with Gasteiger partial charge in [-0.3, -0.25) is 9.59 Å². The van der Waals surface area contributed by atoms with Crippen LogP contribution in [0.5, 0.6) is 0 Å². The van der Waals surface area contributed by atoms with Gasteiger partial charge in [0.1, 0.15) is 0 Å². The standard InChI is InChI=1S/C25H28Br2N2O2/c26-22-12-6-20(7-13-22)10-16-24(30)28-18-4-2-1-3-5-19-29-25(31)17-11-21-8-14-23(27)15-9-21/h6-17H,1-5,18-19H2,(H,28,30)(H,29,31)/b16-10+,17-11+. The molecule has 0 heterocycles. The van der Waals surface area contributed by atoms with Crippen LogP contribution in [0, 0.1) is 0 Å². The normalized spacial score (nSPS) is 11.2. The summed E-state index contributed by atoms with van der Waals surface area (Å²) in [4.78, 5) is 23.6. The zero-order valence-electron chi connectivity index (χ0n) is 17.5. The van der Waals surface area contributed by atoms with Gasteiger partial charge in [0.05, 0.1) is 0 Å². The first-order chi connectivity index (χ1) is 15.0. The van der Waals surface area contributed by atoms with Crippen LogP contribution in [0.2, 0.25) is 0 Å². The van der Waals surface area contributed by atoms with E-state index in [9.17, 15) is 9.59 Å². The van der Waals surface area contributed by atoms with Crippen molar-refractivity contribution < 1.29 is 9.59 Å². The fraction of sp³-hybridized carbons (Fsp3) is 0.280. The Morgan fingerprint density at radius 1 is 0.613 bits per heavy atom. The van der Waals surface area contributed by atoms with E-state index >= 15 is 0 Å². The molecule has 164 valence electrons. The van der Waals surface area contributed by atoms with Gasteiger partial charge in [0.2, 0.25) is 11.8 Å². The van der Waals surface area contributed by atoms with Crippen molar-refractivity contribution in [1.29, 1.82) is 0 Å². The SMILES string of the molecule is O=C(/C=C/c1ccc(Br)cc1)NCCCCCCCNC(=O)/C=C/c1ccc(Br)cc1. The molecule has 0 radical (unpaired) electrons. The van der Waals surface area contributed by atoms with Crippen LogP contribution in [0.1, 0.15) is 43.2 Å². The molecule has 0 saturated carbocycles. The van der Waals surface area contributed by atoms with Crippen LogP contribution in [0.25, 0.3) is 12.2 Å². The summed E-state index contributed by atoms with van der Waals surface area (Å²) in [6, 6.07) is 15.6. The molecular weight excluding hydrogens is 520 g/mol. The lowest BCUT2D eigenvalue weighted by atomic mass is 10.1. The van der Waals surface area contributed by atoms with Crippen molar-refractivity contribution in [3.05, 3.63) is 80.8 Å². The van der Waals surface area contributed by atoms with Gasteiger partial charge < -0.3 is 10.6 Å². The Morgan fingerprint density at radius 3 is 1.35 bits per heavy atom. The predicted molar refractivity (Wildman–Crippen MR) is 135 cm³/mol. The lowest BCUT2D eigenvalue weighted by Crippen LogP contribution is -2.22. The van der Waals surface area contributed by atoms with Crippen LogP contribution >= 0.6 is 31.9 Å². The molecule has 2 amide bonds. The Bertz CT molecular complexity index is 802. The first kappa shape index (κ1) is 25.1. The van der Waals surface area contributed by atoms with Gasteiger partial charge in [-0.1, -0.05) is 75.4 Å². The number of hydrogen-bond acceptors (Lipinski definition) is 2. The average molecular weight is 548 g/mol. The van der Waals surface area contributed by atoms with Gasteiger partial charge in [-0.25, -0.2) is 0 Å². The van der Waals surface area contributed by atoms with Crippen molar-refractivity contribution in [2.24, 2.45) is 0 Å². The highest BCUT2D eigenvalue weighted by Crippen LogP contribution is 2.12. The molecule has 2 aromatic carbocycles. The molecule has 0 aliphatic carbocycles. The maximum Gasteiger partial charge on any atom is 0.243 e. The molecule has 0 aliphatic rings. The molecule has 6 heteroatoms. The topological polar surface area (TPSA) is 58.2 Å². The summed E-state index contributed by atoms with van der Waals surface area (Å²) >= 11 is 6.78. The second-order valence-corrected chi connectivity index (χ2v) is 8.95. The summed E-state index contributed by atoms with van der Waals surface area (Å²) in [7, 11) is 0. The van der Waals surface area contributed by atoms with Gasteiger partial charge in [-0.05, 0) is 60.4 Å². The number of rotatable bonds is 12. The zero-order valence-corrected chi connectivity index (χ0v) is 20.6. The van der Waals surface area contributed by atoms with E-state index < -0.39 is 0 Å². The second kappa shape index (κ2) is 14.8. The van der Waals surface area contributed by atoms with Gasteiger partial charge in [0.25, 0.3) is 0 Å². The summed E-state index contributed by atoms with van der Waals surface area (Å²) < 4.78 is 2.04. The quantitative estimate of drug-likeness (QED) is 0.248. The first-order valence-electron chi connectivity index (χ1n) is 10.5. The molecule has 0 saturated heterocycles. The fourth-order valence-electron chi connectivity index (χ4n) is 2.81. The number of nitrogens with one attached hydrogen (secondary N) is 2. The Labute approximate surface area is 201 Å². The number of amides is 2. The Balaban J connectivity index is 1.45. The van der Waals surface area contributed by atoms with Crippen LogP contribution < -0.4 is 10.6 Å². The van der Waals surface area contributed by atoms with Gasteiger partial charge in [0.15, 0.2) is 0 Å².